The van der Waals surface area contributed by atoms with Crippen LogP contribution in [0, 0.1) is 0 Å². The van der Waals surface area contributed by atoms with Gasteiger partial charge in [-0.25, -0.2) is 4.98 Å². The van der Waals surface area contributed by atoms with Crippen molar-refractivity contribution in [2.75, 3.05) is 13.7 Å². The quantitative estimate of drug-likeness (QED) is 0.785. The van der Waals surface area contributed by atoms with Crippen molar-refractivity contribution >= 4 is 0 Å². The number of methoxy groups -OCH3 is 1. The van der Waals surface area contributed by atoms with Gasteiger partial charge < -0.3 is 10.5 Å². The van der Waals surface area contributed by atoms with Crippen LogP contribution >= 0.6 is 0 Å². The van der Waals surface area contributed by atoms with Gasteiger partial charge in [0.25, 0.3) is 0 Å². The minimum Gasteiger partial charge on any atom is -0.481 e. The maximum atomic E-state index is 5.62. The highest BCUT2D eigenvalue weighted by molar-refractivity contribution is 5.33. The predicted octanol–water partition coefficient (Wildman–Crippen LogP) is 1.47. The molecule has 0 bridgehead atoms. The summed E-state index contributed by atoms with van der Waals surface area (Å²) in [6, 6.07) is 4.11. The van der Waals surface area contributed by atoms with Crippen LogP contribution in [-0.2, 0) is 5.41 Å². The van der Waals surface area contributed by atoms with E-state index in [2.05, 4.69) is 11.1 Å². The Balaban J connectivity index is 2.23. The fourth-order valence-corrected chi connectivity index (χ4v) is 1.96. The Hall–Kier alpha value is -1.09. The third-order valence-corrected chi connectivity index (χ3v) is 3.03. The molecule has 2 rings (SSSR count). The van der Waals surface area contributed by atoms with E-state index in [4.69, 9.17) is 10.5 Å². The Labute approximate surface area is 84.3 Å². The third-order valence-electron chi connectivity index (χ3n) is 3.03. The second kappa shape index (κ2) is 3.58. The lowest BCUT2D eigenvalue weighted by Gasteiger charge is -2.14. The van der Waals surface area contributed by atoms with E-state index in [0.717, 1.165) is 13.0 Å². The fraction of sp³-hybridized carbons (Fsp3) is 0.545. The predicted molar refractivity (Wildman–Crippen MR) is 55.4 cm³/mol. The van der Waals surface area contributed by atoms with Crippen molar-refractivity contribution in [3.63, 3.8) is 0 Å². The molecule has 0 aliphatic heterocycles. The van der Waals surface area contributed by atoms with E-state index in [9.17, 15) is 0 Å². The molecular formula is C11H16N2O. The summed E-state index contributed by atoms with van der Waals surface area (Å²) in [6.07, 6.45) is 5.37. The summed E-state index contributed by atoms with van der Waals surface area (Å²) < 4.78 is 5.11. The van der Waals surface area contributed by atoms with Crippen LogP contribution in [0.3, 0.4) is 0 Å². The zero-order chi connectivity index (χ0) is 10.0. The first kappa shape index (κ1) is 9.46. The minimum absolute atomic E-state index is 0.338. The number of hydrogen-bond acceptors (Lipinski definition) is 3. The minimum atomic E-state index is 0.338. The largest absolute Gasteiger partial charge is 0.481 e. The van der Waals surface area contributed by atoms with Crippen molar-refractivity contribution in [3.8, 4) is 5.88 Å². The highest BCUT2D eigenvalue weighted by Gasteiger charge is 2.43. The van der Waals surface area contributed by atoms with Gasteiger partial charge in [-0.05, 0) is 42.9 Å². The molecule has 76 valence electrons. The average Bonchev–Trinajstić information content (AvgIpc) is 3.00. The van der Waals surface area contributed by atoms with E-state index in [1.165, 1.54) is 18.4 Å². The first-order chi connectivity index (χ1) is 6.80. The van der Waals surface area contributed by atoms with Crippen LogP contribution in [0.2, 0.25) is 0 Å². The Bertz CT molecular complexity index is 321. The highest BCUT2D eigenvalue weighted by Crippen LogP contribution is 2.50. The van der Waals surface area contributed by atoms with E-state index < -0.39 is 0 Å². The molecule has 3 heteroatoms. The van der Waals surface area contributed by atoms with Gasteiger partial charge in [0.1, 0.15) is 0 Å². The molecule has 3 nitrogen and oxygen atoms in total. The van der Waals surface area contributed by atoms with Crippen molar-refractivity contribution in [3.05, 3.63) is 23.9 Å². The zero-order valence-electron chi connectivity index (χ0n) is 8.49. The lowest BCUT2D eigenvalue weighted by atomic mass is 9.93. The maximum absolute atomic E-state index is 5.62. The number of nitrogens with zero attached hydrogens (tertiary/aromatic N) is 1. The van der Waals surface area contributed by atoms with Gasteiger partial charge in [-0.2, -0.15) is 0 Å². The van der Waals surface area contributed by atoms with Crippen molar-refractivity contribution in [1.29, 1.82) is 0 Å². The SMILES string of the molecule is COc1cc(C2(CCN)CC2)ccn1. The van der Waals surface area contributed by atoms with Gasteiger partial charge in [-0.3, -0.25) is 0 Å². The fourth-order valence-electron chi connectivity index (χ4n) is 1.96. The number of hydrogen-bond donors (Lipinski definition) is 1. The molecule has 1 aliphatic carbocycles. The number of nitrogens with two attached hydrogens (primary N) is 1. The Morgan fingerprint density at radius 2 is 2.36 bits per heavy atom. The average molecular weight is 192 g/mol. The van der Waals surface area contributed by atoms with Gasteiger partial charge in [0, 0.05) is 12.3 Å². The van der Waals surface area contributed by atoms with Crippen LogP contribution in [0.15, 0.2) is 18.3 Å². The summed E-state index contributed by atoms with van der Waals surface area (Å²) in [5.74, 6) is 0.700. The summed E-state index contributed by atoms with van der Waals surface area (Å²) in [6.45, 7) is 0.755. The van der Waals surface area contributed by atoms with Crippen LogP contribution < -0.4 is 10.5 Å². The van der Waals surface area contributed by atoms with Crippen molar-refractivity contribution in [2.45, 2.75) is 24.7 Å². The molecule has 0 amide bonds. The van der Waals surface area contributed by atoms with Crippen molar-refractivity contribution in [1.82, 2.24) is 4.98 Å². The van der Waals surface area contributed by atoms with Crippen LogP contribution in [0.5, 0.6) is 5.88 Å². The highest BCUT2D eigenvalue weighted by atomic mass is 16.5. The second-order valence-electron chi connectivity index (χ2n) is 3.91. The number of ether oxygens (including phenoxy) is 1. The molecule has 0 atom stereocenters. The summed E-state index contributed by atoms with van der Waals surface area (Å²) >= 11 is 0. The number of aromatic nitrogens is 1. The molecule has 0 saturated heterocycles. The van der Waals surface area contributed by atoms with Gasteiger partial charge in [-0.15, -0.1) is 0 Å². The lowest BCUT2D eigenvalue weighted by molar-refractivity contribution is 0.396. The van der Waals surface area contributed by atoms with Gasteiger partial charge in [0.15, 0.2) is 0 Å². The van der Waals surface area contributed by atoms with Gasteiger partial charge >= 0.3 is 0 Å². The third kappa shape index (κ3) is 1.60. The normalized spacial score (nSPS) is 17.9. The molecule has 0 spiro atoms. The van der Waals surface area contributed by atoms with E-state index in [-0.39, 0.29) is 0 Å². The molecule has 0 unspecified atom stereocenters. The van der Waals surface area contributed by atoms with Crippen molar-refractivity contribution < 1.29 is 4.74 Å². The van der Waals surface area contributed by atoms with Gasteiger partial charge in [0.05, 0.1) is 7.11 Å². The summed E-state index contributed by atoms with van der Waals surface area (Å²) in [4.78, 5) is 4.11. The Morgan fingerprint density at radius 3 is 2.93 bits per heavy atom. The van der Waals surface area contributed by atoms with Crippen LogP contribution in [0.4, 0.5) is 0 Å². The molecule has 0 radical (unpaired) electrons. The second-order valence-corrected chi connectivity index (χ2v) is 3.91. The monoisotopic (exact) mass is 192 g/mol. The number of pyridine rings is 1. The molecular weight excluding hydrogens is 176 g/mol. The molecule has 14 heavy (non-hydrogen) atoms. The molecule has 2 N–H and O–H groups in total. The Morgan fingerprint density at radius 1 is 1.57 bits per heavy atom. The van der Waals surface area contributed by atoms with Crippen LogP contribution in [0.1, 0.15) is 24.8 Å². The standard InChI is InChI=1S/C11H16N2O/c1-14-10-8-9(2-7-13-10)11(3-4-11)5-6-12/h2,7-8H,3-6,12H2,1H3. The van der Waals surface area contributed by atoms with Gasteiger partial charge in [-0.1, -0.05) is 0 Å². The number of rotatable bonds is 4. The zero-order valence-corrected chi connectivity index (χ0v) is 8.49. The van der Waals surface area contributed by atoms with E-state index >= 15 is 0 Å². The van der Waals surface area contributed by atoms with Crippen molar-refractivity contribution in [2.24, 2.45) is 5.73 Å². The molecule has 1 heterocycles. The summed E-state index contributed by atoms with van der Waals surface area (Å²) in [5, 5.41) is 0. The topological polar surface area (TPSA) is 48.1 Å². The molecule has 1 aliphatic rings. The molecule has 1 aromatic heterocycles. The maximum Gasteiger partial charge on any atom is 0.213 e. The first-order valence-corrected chi connectivity index (χ1v) is 5.01. The van der Waals surface area contributed by atoms with Gasteiger partial charge in [0.2, 0.25) is 5.88 Å². The molecule has 0 aromatic carbocycles. The first-order valence-electron chi connectivity index (χ1n) is 5.01. The smallest absolute Gasteiger partial charge is 0.213 e. The van der Waals surface area contributed by atoms with Crippen LogP contribution in [-0.4, -0.2) is 18.6 Å². The van der Waals surface area contributed by atoms with E-state index in [1.807, 2.05) is 12.3 Å². The van der Waals surface area contributed by atoms with E-state index in [0.29, 0.717) is 11.3 Å². The molecule has 1 aromatic rings. The summed E-state index contributed by atoms with van der Waals surface area (Å²) in [5.41, 5.74) is 7.28. The summed E-state index contributed by atoms with van der Waals surface area (Å²) in [7, 11) is 1.65. The molecule has 1 saturated carbocycles. The lowest BCUT2D eigenvalue weighted by Crippen LogP contribution is -2.13. The van der Waals surface area contributed by atoms with Crippen LogP contribution in [0.25, 0.3) is 0 Å². The Kier molecular flexibility index (Phi) is 2.42. The van der Waals surface area contributed by atoms with E-state index in [1.54, 1.807) is 7.11 Å². The molecule has 1 fully saturated rings.